The summed E-state index contributed by atoms with van der Waals surface area (Å²) < 4.78 is 48.5. The van der Waals surface area contributed by atoms with E-state index < -0.39 is 17.8 Å². The number of phenols is 1. The summed E-state index contributed by atoms with van der Waals surface area (Å²) in [6.45, 7) is 4.97. The molecule has 0 spiro atoms. The fourth-order valence-corrected chi connectivity index (χ4v) is 6.77. The fraction of sp³-hybridized carbons (Fsp3) is 0.469. The lowest BCUT2D eigenvalue weighted by Gasteiger charge is -2.20. The van der Waals surface area contributed by atoms with Gasteiger partial charge < -0.3 is 19.8 Å². The smallest absolute Gasteiger partial charge is 0.318 e. The van der Waals surface area contributed by atoms with Crippen LogP contribution in [0.3, 0.4) is 0 Å². The highest BCUT2D eigenvalue weighted by Gasteiger charge is 2.34. The summed E-state index contributed by atoms with van der Waals surface area (Å²) in [4.78, 5) is 17.3. The van der Waals surface area contributed by atoms with Crippen molar-refractivity contribution < 1.29 is 28.1 Å². The van der Waals surface area contributed by atoms with Crippen LogP contribution in [0.4, 0.5) is 19.0 Å². The summed E-state index contributed by atoms with van der Waals surface area (Å²) in [6, 6.07) is 6.43. The lowest BCUT2D eigenvalue weighted by atomic mass is 9.94. The number of rotatable bonds is 5. The van der Waals surface area contributed by atoms with Crippen LogP contribution in [-0.4, -0.2) is 82.2 Å². The second-order valence-electron chi connectivity index (χ2n) is 11.6. The number of aliphatic hydroxyl groups is 1. The van der Waals surface area contributed by atoms with E-state index in [0.717, 1.165) is 19.4 Å². The quantitative estimate of drug-likeness (QED) is 0.316. The molecule has 43 heavy (non-hydrogen) atoms. The van der Waals surface area contributed by atoms with Crippen molar-refractivity contribution in [3.8, 4) is 23.0 Å². The highest BCUT2D eigenvalue weighted by Crippen LogP contribution is 2.39. The van der Waals surface area contributed by atoms with E-state index in [9.17, 15) is 19.0 Å². The molecule has 7 rings (SSSR count). The normalized spacial score (nSPS) is 21.8. The number of ether oxygens (including phenoxy) is 1. The van der Waals surface area contributed by atoms with Crippen LogP contribution in [0, 0.1) is 17.6 Å². The summed E-state index contributed by atoms with van der Waals surface area (Å²) in [7, 11) is 1.41. The first-order chi connectivity index (χ1) is 20.8. The molecule has 0 radical (unpaired) electrons. The Morgan fingerprint density at radius 1 is 1.09 bits per heavy atom. The van der Waals surface area contributed by atoms with E-state index in [0.29, 0.717) is 59.6 Å². The van der Waals surface area contributed by atoms with Crippen molar-refractivity contribution >= 4 is 27.5 Å². The van der Waals surface area contributed by atoms with E-state index in [1.54, 1.807) is 6.07 Å². The summed E-state index contributed by atoms with van der Waals surface area (Å²) in [5.41, 5.74) is 0.675. The predicted molar refractivity (Wildman–Crippen MR) is 159 cm³/mol. The number of aromatic hydroxyl groups is 1. The molecule has 3 saturated heterocycles. The molecule has 3 unspecified atom stereocenters. The van der Waals surface area contributed by atoms with Gasteiger partial charge in [0.25, 0.3) is 0 Å². The molecule has 0 aliphatic carbocycles. The van der Waals surface area contributed by atoms with Gasteiger partial charge in [0, 0.05) is 50.0 Å². The van der Waals surface area contributed by atoms with Gasteiger partial charge in [-0.3, -0.25) is 9.88 Å². The van der Waals surface area contributed by atoms with Gasteiger partial charge in [0.05, 0.1) is 12.5 Å². The largest absolute Gasteiger partial charge is 0.508 e. The first kappa shape index (κ1) is 29.4. The minimum atomic E-state index is -0.712. The van der Waals surface area contributed by atoms with Crippen molar-refractivity contribution in [1.29, 1.82) is 0 Å². The van der Waals surface area contributed by atoms with Gasteiger partial charge in [0.2, 0.25) is 0 Å². The van der Waals surface area contributed by atoms with Crippen LogP contribution >= 0.6 is 0 Å². The SMILES string of the molecule is CCc1c(F)ccc2cc(O)cc(-c3ncc4c(N5CCC(CO)C5)nc(OC)nc4c3F)c12.FC1CC2CCCN2C1. The highest BCUT2D eigenvalue weighted by atomic mass is 19.1. The molecule has 0 bridgehead atoms. The summed E-state index contributed by atoms with van der Waals surface area (Å²) in [6.07, 6.45) is 5.49. The van der Waals surface area contributed by atoms with Crippen molar-refractivity contribution in [2.45, 2.75) is 51.2 Å². The Morgan fingerprint density at radius 3 is 2.65 bits per heavy atom. The number of benzene rings is 2. The third-order valence-corrected chi connectivity index (χ3v) is 8.89. The highest BCUT2D eigenvalue weighted by molar-refractivity contribution is 6.01. The number of halogens is 3. The van der Waals surface area contributed by atoms with Crippen molar-refractivity contribution in [2.75, 3.05) is 44.8 Å². The summed E-state index contributed by atoms with van der Waals surface area (Å²) in [5, 5.41) is 21.3. The van der Waals surface area contributed by atoms with E-state index in [-0.39, 0.29) is 41.1 Å². The molecular weight excluding hydrogens is 559 g/mol. The van der Waals surface area contributed by atoms with Crippen molar-refractivity contribution in [2.24, 2.45) is 5.92 Å². The number of pyridine rings is 1. The van der Waals surface area contributed by atoms with E-state index in [1.807, 2.05) is 11.8 Å². The van der Waals surface area contributed by atoms with Crippen LogP contribution < -0.4 is 9.64 Å². The number of aliphatic hydroxyl groups excluding tert-OH is 1. The molecule has 3 aliphatic rings. The number of alkyl halides is 1. The Morgan fingerprint density at radius 2 is 1.93 bits per heavy atom. The molecule has 2 aromatic carbocycles. The third-order valence-electron chi connectivity index (χ3n) is 8.89. The molecule has 8 nitrogen and oxygen atoms in total. The first-order valence-corrected chi connectivity index (χ1v) is 14.9. The monoisotopic (exact) mass is 595 g/mol. The number of nitrogens with zero attached hydrogens (tertiary/aromatic N) is 5. The van der Waals surface area contributed by atoms with Crippen LogP contribution in [0.25, 0.3) is 32.9 Å². The minimum absolute atomic E-state index is 0.00653. The standard InChI is InChI=1S/C25H24F2N4O3.C7H12FN/c1-3-16-19(26)5-4-14-8-15(33)9-17(20(14)16)22-21(27)23-18(10-28-22)24(30-25(29-23)34-2)31-7-6-13(11-31)12-32;8-6-4-7-2-1-3-9(7)5-6/h4-5,8-10,13,32-33H,3,6-7,11-12H2,1-2H3;6-7H,1-5H2. The lowest BCUT2D eigenvalue weighted by Crippen LogP contribution is -2.22. The molecular formula is C32H36F3N5O3. The average molecular weight is 596 g/mol. The van der Waals surface area contributed by atoms with Gasteiger partial charge in [-0.2, -0.15) is 9.97 Å². The van der Waals surface area contributed by atoms with Crippen molar-refractivity contribution in [3.63, 3.8) is 0 Å². The number of hydrogen-bond donors (Lipinski definition) is 2. The second-order valence-corrected chi connectivity index (χ2v) is 11.6. The van der Waals surface area contributed by atoms with Gasteiger partial charge in [-0.1, -0.05) is 13.0 Å². The molecule has 0 saturated carbocycles. The summed E-state index contributed by atoms with van der Waals surface area (Å²) >= 11 is 0. The minimum Gasteiger partial charge on any atom is -0.508 e. The second kappa shape index (κ2) is 12.1. The molecule has 3 atom stereocenters. The average Bonchev–Trinajstić information content (AvgIpc) is 3.74. The Labute approximate surface area is 248 Å². The molecule has 4 aromatic rings. The number of aromatic nitrogens is 3. The van der Waals surface area contributed by atoms with Crippen LogP contribution in [-0.2, 0) is 6.42 Å². The van der Waals surface area contributed by atoms with Crippen LogP contribution in [0.1, 0.15) is 38.2 Å². The van der Waals surface area contributed by atoms with E-state index in [1.165, 1.54) is 44.3 Å². The molecule has 2 N–H and O–H groups in total. The van der Waals surface area contributed by atoms with Gasteiger partial charge in [-0.05, 0) is 73.2 Å². The zero-order valence-corrected chi connectivity index (χ0v) is 24.4. The molecule has 5 heterocycles. The third kappa shape index (κ3) is 5.56. The van der Waals surface area contributed by atoms with E-state index in [4.69, 9.17) is 4.74 Å². The molecule has 2 aromatic heterocycles. The number of fused-ring (bicyclic) bond motifs is 3. The van der Waals surface area contributed by atoms with Gasteiger partial charge in [-0.15, -0.1) is 0 Å². The van der Waals surface area contributed by atoms with E-state index in [2.05, 4.69) is 19.9 Å². The molecule has 3 fully saturated rings. The van der Waals surface area contributed by atoms with Gasteiger partial charge in [0.15, 0.2) is 5.82 Å². The molecule has 0 amide bonds. The van der Waals surface area contributed by atoms with Gasteiger partial charge >= 0.3 is 6.01 Å². The maximum Gasteiger partial charge on any atom is 0.318 e. The number of hydrogen-bond acceptors (Lipinski definition) is 8. The lowest BCUT2D eigenvalue weighted by molar-refractivity contribution is 0.238. The maximum atomic E-state index is 16.0. The fourth-order valence-electron chi connectivity index (χ4n) is 6.77. The number of phenolic OH excluding ortho intramolecular Hbond substituents is 1. The Kier molecular flexibility index (Phi) is 8.28. The van der Waals surface area contributed by atoms with Gasteiger partial charge in [-0.25, -0.2) is 13.2 Å². The number of methoxy groups -OCH3 is 1. The van der Waals surface area contributed by atoms with Crippen molar-refractivity contribution in [1.82, 2.24) is 19.9 Å². The van der Waals surface area contributed by atoms with Crippen LogP contribution in [0.15, 0.2) is 30.5 Å². The predicted octanol–water partition coefficient (Wildman–Crippen LogP) is 5.41. The zero-order valence-electron chi connectivity index (χ0n) is 24.4. The Bertz CT molecular complexity index is 1640. The maximum absolute atomic E-state index is 16.0. The van der Waals surface area contributed by atoms with E-state index >= 15 is 4.39 Å². The van der Waals surface area contributed by atoms with Crippen LogP contribution in [0.5, 0.6) is 11.8 Å². The topological polar surface area (TPSA) is 94.8 Å². The number of aryl methyl sites for hydroxylation is 1. The zero-order chi connectivity index (χ0) is 30.2. The van der Waals surface area contributed by atoms with Crippen molar-refractivity contribution in [3.05, 3.63) is 47.7 Å². The molecule has 3 aliphatic heterocycles. The first-order valence-electron chi connectivity index (χ1n) is 14.9. The Balaban J connectivity index is 0.000000310. The summed E-state index contributed by atoms with van der Waals surface area (Å²) in [5.74, 6) is -0.603. The molecule has 11 heteroatoms. The molecule has 228 valence electrons. The Hall–Kier alpha value is -3.70. The van der Waals surface area contributed by atoms with Gasteiger partial charge in [0.1, 0.15) is 34.8 Å². The number of anilines is 1. The van der Waals surface area contributed by atoms with Crippen LogP contribution in [0.2, 0.25) is 0 Å².